The first-order valence-corrected chi connectivity index (χ1v) is 9.92. The van der Waals surface area contributed by atoms with E-state index in [1.807, 2.05) is 18.2 Å². The number of benzene rings is 1. The molecule has 1 aliphatic carbocycles. The van der Waals surface area contributed by atoms with Gasteiger partial charge in [0.25, 0.3) is 5.56 Å². The number of aromatic nitrogens is 3. The Bertz CT molecular complexity index is 1000. The number of nitrogens with zero attached hydrogens (tertiary/aromatic N) is 1. The molecule has 27 heavy (non-hydrogen) atoms. The minimum Gasteiger partial charge on any atom is -0.335 e. The van der Waals surface area contributed by atoms with Crippen molar-refractivity contribution >= 4 is 12.2 Å². The average molecular weight is 378 g/mol. The van der Waals surface area contributed by atoms with Crippen LogP contribution in [0, 0.1) is 4.77 Å². The Labute approximate surface area is 163 Å². The Morgan fingerprint density at radius 1 is 0.926 bits per heavy atom. The van der Waals surface area contributed by atoms with Gasteiger partial charge in [0.2, 0.25) is 0 Å². The van der Waals surface area contributed by atoms with Gasteiger partial charge in [0.1, 0.15) is 0 Å². The zero-order valence-electron chi connectivity index (χ0n) is 15.2. The van der Waals surface area contributed by atoms with Crippen LogP contribution in [0.15, 0.2) is 59.5 Å². The van der Waals surface area contributed by atoms with Crippen LogP contribution in [0.25, 0.3) is 0 Å². The highest BCUT2D eigenvalue weighted by Crippen LogP contribution is 2.40. The first kappa shape index (κ1) is 17.9. The molecule has 1 fully saturated rings. The fourth-order valence-electron chi connectivity index (χ4n) is 4.18. The molecule has 0 amide bonds. The Morgan fingerprint density at radius 3 is 2.33 bits per heavy atom. The third kappa shape index (κ3) is 4.08. The van der Waals surface area contributed by atoms with Gasteiger partial charge in [0.15, 0.2) is 4.77 Å². The summed E-state index contributed by atoms with van der Waals surface area (Å²) in [6.45, 7) is 0. The number of hydrogen-bond acceptors (Lipinski definition) is 3. The van der Waals surface area contributed by atoms with Gasteiger partial charge < -0.3 is 4.98 Å². The molecule has 0 radical (unpaired) electrons. The molecule has 2 aromatic heterocycles. The lowest BCUT2D eigenvalue weighted by molar-refractivity contribution is 0.389. The number of nitrogens with one attached hydrogen (secondary N) is 2. The number of pyridine rings is 1. The summed E-state index contributed by atoms with van der Waals surface area (Å²) >= 11 is 5.25. The summed E-state index contributed by atoms with van der Waals surface area (Å²) in [6, 6.07) is 16.5. The van der Waals surface area contributed by atoms with Crippen molar-refractivity contribution in [3.63, 3.8) is 0 Å². The second-order valence-corrected chi connectivity index (χ2v) is 7.67. The van der Waals surface area contributed by atoms with Crippen molar-refractivity contribution in [1.29, 1.82) is 0 Å². The summed E-state index contributed by atoms with van der Waals surface area (Å²) in [4.78, 5) is 23.0. The minimum atomic E-state index is -0.0930. The molecule has 138 valence electrons. The molecular formula is C22H23N3OS. The maximum atomic E-state index is 12.6. The number of rotatable bonds is 4. The monoisotopic (exact) mass is 377 g/mol. The molecule has 1 aliphatic rings. The maximum Gasteiger partial charge on any atom is 0.255 e. The highest BCUT2D eigenvalue weighted by Gasteiger charge is 2.26. The first-order chi connectivity index (χ1) is 13.2. The van der Waals surface area contributed by atoms with E-state index >= 15 is 0 Å². The molecule has 1 aromatic carbocycles. The number of aromatic amines is 2. The Balaban J connectivity index is 1.59. The summed E-state index contributed by atoms with van der Waals surface area (Å²) in [5, 5.41) is 0. The van der Waals surface area contributed by atoms with Crippen molar-refractivity contribution in [1.82, 2.24) is 15.0 Å². The van der Waals surface area contributed by atoms with Crippen molar-refractivity contribution in [2.24, 2.45) is 0 Å². The first-order valence-electron chi connectivity index (χ1n) is 9.51. The molecule has 5 heteroatoms. The molecule has 0 bridgehead atoms. The third-order valence-electron chi connectivity index (χ3n) is 5.56. The van der Waals surface area contributed by atoms with Crippen LogP contribution >= 0.6 is 12.2 Å². The molecule has 2 N–H and O–H groups in total. The second-order valence-electron chi connectivity index (χ2n) is 7.26. The van der Waals surface area contributed by atoms with E-state index in [1.165, 1.54) is 5.56 Å². The smallest absolute Gasteiger partial charge is 0.255 e. The summed E-state index contributed by atoms with van der Waals surface area (Å²) in [7, 11) is 0. The summed E-state index contributed by atoms with van der Waals surface area (Å²) in [5.74, 6) is 0.944. The summed E-state index contributed by atoms with van der Waals surface area (Å²) < 4.78 is 0.407. The van der Waals surface area contributed by atoms with E-state index in [2.05, 4.69) is 45.3 Å². The molecule has 0 aliphatic heterocycles. The van der Waals surface area contributed by atoms with Gasteiger partial charge in [-0.15, -0.1) is 0 Å². The lowest BCUT2D eigenvalue weighted by Crippen LogP contribution is -2.23. The van der Waals surface area contributed by atoms with E-state index in [-0.39, 0.29) is 5.56 Å². The lowest BCUT2D eigenvalue weighted by atomic mass is 9.76. The molecule has 0 atom stereocenters. The number of hydrogen-bond donors (Lipinski definition) is 2. The highest BCUT2D eigenvalue weighted by atomic mass is 32.1. The van der Waals surface area contributed by atoms with Crippen LogP contribution in [0.3, 0.4) is 0 Å². The predicted molar refractivity (Wildman–Crippen MR) is 110 cm³/mol. The molecule has 2 heterocycles. The molecule has 4 nitrogen and oxygen atoms in total. The van der Waals surface area contributed by atoms with Crippen LogP contribution < -0.4 is 5.56 Å². The van der Waals surface area contributed by atoms with Crippen LogP contribution in [0.5, 0.6) is 0 Å². The Hall–Kier alpha value is -2.53. The zero-order valence-corrected chi connectivity index (χ0v) is 16.0. The molecule has 3 aromatic rings. The van der Waals surface area contributed by atoms with E-state index in [0.29, 0.717) is 23.0 Å². The van der Waals surface area contributed by atoms with E-state index in [9.17, 15) is 4.79 Å². The van der Waals surface area contributed by atoms with Crippen LogP contribution in [0.4, 0.5) is 0 Å². The third-order valence-corrected chi connectivity index (χ3v) is 5.77. The van der Waals surface area contributed by atoms with E-state index in [0.717, 1.165) is 42.6 Å². The minimum absolute atomic E-state index is 0.0930. The molecule has 0 unspecified atom stereocenters. The largest absolute Gasteiger partial charge is 0.335 e. The Morgan fingerprint density at radius 2 is 1.63 bits per heavy atom. The van der Waals surface area contributed by atoms with Gasteiger partial charge in [-0.1, -0.05) is 36.4 Å². The Kier molecular flexibility index (Phi) is 5.30. The quantitative estimate of drug-likeness (QED) is 0.638. The van der Waals surface area contributed by atoms with E-state index in [4.69, 9.17) is 12.2 Å². The van der Waals surface area contributed by atoms with Crippen molar-refractivity contribution in [3.05, 3.63) is 92.4 Å². The number of H-pyrrole nitrogens is 2. The molecule has 0 saturated heterocycles. The van der Waals surface area contributed by atoms with Gasteiger partial charge in [-0.25, -0.2) is 0 Å². The van der Waals surface area contributed by atoms with Crippen molar-refractivity contribution < 1.29 is 0 Å². The topological polar surface area (TPSA) is 61.5 Å². The van der Waals surface area contributed by atoms with Gasteiger partial charge in [-0.2, -0.15) is 0 Å². The van der Waals surface area contributed by atoms with Gasteiger partial charge >= 0.3 is 0 Å². The molecule has 0 spiro atoms. The molecule has 1 saturated carbocycles. The maximum absolute atomic E-state index is 12.6. The van der Waals surface area contributed by atoms with Crippen molar-refractivity contribution in [3.8, 4) is 0 Å². The van der Waals surface area contributed by atoms with Crippen LogP contribution in [0.1, 0.15) is 60.0 Å². The second kappa shape index (κ2) is 8.01. The van der Waals surface area contributed by atoms with Crippen molar-refractivity contribution in [2.75, 3.05) is 0 Å². The zero-order chi connectivity index (χ0) is 18.6. The highest BCUT2D eigenvalue weighted by molar-refractivity contribution is 7.71. The standard InChI is InChI=1S/C22H23N3OS/c26-21-19(14-18-8-4-5-13-23-18)20(24-22(27)25-21)17-11-9-16(10-12-17)15-6-2-1-3-7-15/h1-8,13,16-17H,9-12,14H2,(H2,24,25,26,27)/t16-,17-. The van der Waals surface area contributed by atoms with Crippen molar-refractivity contribution in [2.45, 2.75) is 43.9 Å². The van der Waals surface area contributed by atoms with Crippen LogP contribution in [-0.2, 0) is 6.42 Å². The van der Waals surface area contributed by atoms with Crippen LogP contribution in [0.2, 0.25) is 0 Å². The summed E-state index contributed by atoms with van der Waals surface area (Å²) in [5.41, 5.74) is 3.99. The predicted octanol–water partition coefficient (Wildman–Crippen LogP) is 4.86. The van der Waals surface area contributed by atoms with Gasteiger partial charge in [-0.05, 0) is 67.4 Å². The lowest BCUT2D eigenvalue weighted by Gasteiger charge is -2.29. The van der Waals surface area contributed by atoms with E-state index < -0.39 is 0 Å². The molecule has 4 rings (SSSR count). The average Bonchev–Trinajstić information content (AvgIpc) is 2.71. The van der Waals surface area contributed by atoms with Crippen LogP contribution in [-0.4, -0.2) is 15.0 Å². The normalized spacial score (nSPS) is 19.7. The molecular weight excluding hydrogens is 354 g/mol. The SMILES string of the molecule is O=c1[nH]c(=S)[nH]c([C@H]2CC[C@H](c3ccccc3)CC2)c1Cc1ccccn1. The fourth-order valence-corrected chi connectivity index (χ4v) is 4.38. The fraction of sp³-hybridized carbons (Fsp3) is 0.318. The van der Waals surface area contributed by atoms with Gasteiger partial charge in [0.05, 0.1) is 0 Å². The van der Waals surface area contributed by atoms with E-state index in [1.54, 1.807) is 6.20 Å². The van der Waals surface area contributed by atoms with Gasteiger partial charge in [0, 0.05) is 29.6 Å². The summed E-state index contributed by atoms with van der Waals surface area (Å²) in [6.07, 6.45) is 6.67. The van der Waals surface area contributed by atoms with Gasteiger partial charge in [-0.3, -0.25) is 14.8 Å².